The number of rotatable bonds is 4. The molecule has 1 atom stereocenters. The van der Waals surface area contributed by atoms with Crippen LogP contribution in [0.3, 0.4) is 0 Å². The summed E-state index contributed by atoms with van der Waals surface area (Å²) in [5, 5.41) is 2.10. The smallest absolute Gasteiger partial charge is 0.255 e. The number of thioether (sulfide) groups is 1. The van der Waals surface area contributed by atoms with E-state index in [4.69, 9.17) is 0 Å². The van der Waals surface area contributed by atoms with Crippen LogP contribution in [0.15, 0.2) is 47.8 Å². The molecule has 2 aromatic rings. The summed E-state index contributed by atoms with van der Waals surface area (Å²) >= 11 is 3.43. The lowest BCUT2D eigenvalue weighted by Crippen LogP contribution is -2.54. The molecule has 0 spiro atoms. The average molecular weight is 402 g/mol. The number of thiophene rings is 1. The predicted molar refractivity (Wildman–Crippen MR) is 110 cm³/mol. The summed E-state index contributed by atoms with van der Waals surface area (Å²) in [4.78, 5) is 33.3. The second-order valence-corrected chi connectivity index (χ2v) is 8.87. The molecule has 0 radical (unpaired) electrons. The molecular formula is C20H23N3O2S2. The number of amides is 2. The molecule has 2 aliphatic rings. The van der Waals surface area contributed by atoms with E-state index in [-0.39, 0.29) is 17.9 Å². The second-order valence-electron chi connectivity index (χ2n) is 6.84. The maximum atomic E-state index is 13.1. The highest BCUT2D eigenvalue weighted by atomic mass is 32.2. The van der Waals surface area contributed by atoms with Gasteiger partial charge in [-0.05, 0) is 23.6 Å². The molecule has 2 saturated heterocycles. The van der Waals surface area contributed by atoms with E-state index in [1.54, 1.807) is 28.0 Å². The Morgan fingerprint density at radius 3 is 2.48 bits per heavy atom. The maximum Gasteiger partial charge on any atom is 0.255 e. The zero-order valence-electron chi connectivity index (χ0n) is 15.1. The third-order valence-corrected chi connectivity index (χ3v) is 6.97. The molecule has 0 N–H and O–H groups in total. The third kappa shape index (κ3) is 4.20. The number of carbonyl (C=O) groups excluding carboxylic acids is 2. The topological polar surface area (TPSA) is 43.9 Å². The van der Waals surface area contributed by atoms with Gasteiger partial charge >= 0.3 is 0 Å². The summed E-state index contributed by atoms with van der Waals surface area (Å²) in [6.45, 7) is 4.20. The van der Waals surface area contributed by atoms with Crippen LogP contribution in [0, 0.1) is 0 Å². The Labute approximate surface area is 167 Å². The van der Waals surface area contributed by atoms with Gasteiger partial charge in [-0.25, -0.2) is 0 Å². The molecule has 7 heteroatoms. The minimum Gasteiger partial charge on any atom is -0.338 e. The molecule has 0 saturated carbocycles. The monoisotopic (exact) mass is 401 g/mol. The largest absolute Gasteiger partial charge is 0.338 e. The highest BCUT2D eigenvalue weighted by molar-refractivity contribution is 7.99. The lowest BCUT2D eigenvalue weighted by molar-refractivity contribution is -0.136. The second kappa shape index (κ2) is 8.46. The molecule has 2 aliphatic heterocycles. The summed E-state index contributed by atoms with van der Waals surface area (Å²) < 4.78 is 0. The molecule has 1 aromatic heterocycles. The van der Waals surface area contributed by atoms with Gasteiger partial charge in [0.1, 0.15) is 6.04 Å². The zero-order valence-corrected chi connectivity index (χ0v) is 16.8. The molecule has 5 nitrogen and oxygen atoms in total. The Kier molecular flexibility index (Phi) is 5.80. The molecule has 2 amide bonds. The Morgan fingerprint density at radius 2 is 1.78 bits per heavy atom. The molecule has 1 aromatic carbocycles. The van der Waals surface area contributed by atoms with Gasteiger partial charge in [-0.15, -0.1) is 23.1 Å². The van der Waals surface area contributed by atoms with Gasteiger partial charge in [0.15, 0.2) is 0 Å². The first-order chi connectivity index (χ1) is 13.2. The lowest BCUT2D eigenvalue weighted by Gasteiger charge is -2.37. The Hall–Kier alpha value is -1.83. The van der Waals surface area contributed by atoms with Crippen LogP contribution < -0.4 is 0 Å². The van der Waals surface area contributed by atoms with Crippen molar-refractivity contribution < 1.29 is 9.59 Å². The van der Waals surface area contributed by atoms with Crippen LogP contribution in [0.4, 0.5) is 0 Å². The molecule has 27 heavy (non-hydrogen) atoms. The van der Waals surface area contributed by atoms with Gasteiger partial charge in [0.05, 0.1) is 5.88 Å². The minimum atomic E-state index is -0.341. The van der Waals surface area contributed by atoms with Crippen molar-refractivity contribution in [3.8, 4) is 0 Å². The van der Waals surface area contributed by atoms with Crippen LogP contribution in [-0.4, -0.2) is 70.4 Å². The molecule has 0 bridgehead atoms. The normalized spacial score (nSPS) is 20.8. The first kappa shape index (κ1) is 18.5. The first-order valence-corrected chi connectivity index (χ1v) is 11.2. The standard InChI is InChI=1S/C20H23N3O2S2/c24-19(16-5-2-1-3-6-16)23-15-26-14-18(23)20(25)22-10-8-21(9-11-22)13-17-7-4-12-27-17/h1-7,12,18H,8-11,13-15H2. The molecule has 2 fully saturated rings. The summed E-state index contributed by atoms with van der Waals surface area (Å²) in [6, 6.07) is 13.1. The minimum absolute atomic E-state index is 0.0460. The summed E-state index contributed by atoms with van der Waals surface area (Å²) in [5.41, 5.74) is 0.651. The van der Waals surface area contributed by atoms with Crippen LogP contribution in [0.25, 0.3) is 0 Å². The molecular weight excluding hydrogens is 378 g/mol. The Morgan fingerprint density at radius 1 is 1.00 bits per heavy atom. The fourth-order valence-corrected chi connectivity index (χ4v) is 5.45. The predicted octanol–water partition coefficient (Wildman–Crippen LogP) is 2.61. The van der Waals surface area contributed by atoms with E-state index < -0.39 is 0 Å². The number of nitrogens with zero attached hydrogens (tertiary/aromatic N) is 3. The van der Waals surface area contributed by atoms with E-state index in [1.165, 1.54) is 4.88 Å². The highest BCUT2D eigenvalue weighted by Crippen LogP contribution is 2.25. The van der Waals surface area contributed by atoms with E-state index in [9.17, 15) is 9.59 Å². The van der Waals surface area contributed by atoms with Crippen LogP contribution in [0.1, 0.15) is 15.2 Å². The van der Waals surface area contributed by atoms with Gasteiger partial charge in [0.25, 0.3) is 5.91 Å². The Balaban J connectivity index is 1.35. The van der Waals surface area contributed by atoms with Crippen LogP contribution >= 0.6 is 23.1 Å². The van der Waals surface area contributed by atoms with Crippen molar-refractivity contribution in [3.05, 3.63) is 58.3 Å². The third-order valence-electron chi connectivity index (χ3n) is 5.09. The van der Waals surface area contributed by atoms with Crippen LogP contribution in [0.2, 0.25) is 0 Å². The molecule has 3 heterocycles. The van der Waals surface area contributed by atoms with Gasteiger partial charge in [-0.3, -0.25) is 14.5 Å². The van der Waals surface area contributed by atoms with Crippen molar-refractivity contribution >= 4 is 34.9 Å². The van der Waals surface area contributed by atoms with Crippen molar-refractivity contribution in [2.45, 2.75) is 12.6 Å². The van der Waals surface area contributed by atoms with E-state index in [1.807, 2.05) is 35.2 Å². The molecule has 1 unspecified atom stereocenters. The Bertz CT molecular complexity index is 774. The lowest BCUT2D eigenvalue weighted by atomic mass is 10.1. The fourth-order valence-electron chi connectivity index (χ4n) is 3.55. The number of benzene rings is 1. The van der Waals surface area contributed by atoms with Gasteiger partial charge in [-0.1, -0.05) is 24.3 Å². The van der Waals surface area contributed by atoms with Crippen molar-refractivity contribution in [1.82, 2.24) is 14.7 Å². The molecule has 142 valence electrons. The molecule has 4 rings (SSSR count). The number of hydrogen-bond acceptors (Lipinski definition) is 5. The fraction of sp³-hybridized carbons (Fsp3) is 0.400. The number of hydrogen-bond donors (Lipinski definition) is 0. The number of piperazine rings is 1. The van der Waals surface area contributed by atoms with Crippen LogP contribution in [-0.2, 0) is 11.3 Å². The van der Waals surface area contributed by atoms with E-state index in [0.717, 1.165) is 32.7 Å². The molecule has 0 aliphatic carbocycles. The van der Waals surface area contributed by atoms with Gasteiger partial charge in [0.2, 0.25) is 5.91 Å². The average Bonchev–Trinajstić information content (AvgIpc) is 3.40. The SMILES string of the molecule is O=C(C1CSCN1C(=O)c1ccccc1)N1CCN(Cc2cccs2)CC1. The maximum absolute atomic E-state index is 13.1. The number of carbonyl (C=O) groups is 2. The van der Waals surface area contributed by atoms with Gasteiger partial charge in [0, 0.05) is 48.9 Å². The summed E-state index contributed by atoms with van der Waals surface area (Å²) in [5.74, 6) is 1.32. The summed E-state index contributed by atoms with van der Waals surface area (Å²) in [6.07, 6.45) is 0. The van der Waals surface area contributed by atoms with Crippen molar-refractivity contribution in [2.75, 3.05) is 37.8 Å². The van der Waals surface area contributed by atoms with E-state index >= 15 is 0 Å². The van der Waals surface area contributed by atoms with E-state index in [2.05, 4.69) is 22.4 Å². The van der Waals surface area contributed by atoms with Gasteiger partial charge < -0.3 is 9.80 Å². The quantitative estimate of drug-likeness (QED) is 0.790. The van der Waals surface area contributed by atoms with Crippen LogP contribution in [0.5, 0.6) is 0 Å². The highest BCUT2D eigenvalue weighted by Gasteiger charge is 2.38. The first-order valence-electron chi connectivity index (χ1n) is 9.19. The zero-order chi connectivity index (χ0) is 18.6. The van der Waals surface area contributed by atoms with Crippen molar-refractivity contribution in [1.29, 1.82) is 0 Å². The van der Waals surface area contributed by atoms with Crippen molar-refractivity contribution in [3.63, 3.8) is 0 Å². The summed E-state index contributed by atoms with van der Waals surface area (Å²) in [7, 11) is 0. The van der Waals surface area contributed by atoms with Gasteiger partial charge in [-0.2, -0.15) is 0 Å². The van der Waals surface area contributed by atoms with E-state index in [0.29, 0.717) is 17.2 Å². The van der Waals surface area contributed by atoms with Crippen molar-refractivity contribution in [2.24, 2.45) is 0 Å².